The number of halogens is 2. The topological polar surface area (TPSA) is 98.1 Å². The van der Waals surface area contributed by atoms with Crippen molar-refractivity contribution >= 4 is 40.6 Å². The Morgan fingerprint density at radius 1 is 1.30 bits per heavy atom. The Kier molecular flexibility index (Phi) is 4.64. The molecule has 0 aliphatic heterocycles. The van der Waals surface area contributed by atoms with Gasteiger partial charge in [-0.25, -0.2) is 4.79 Å². The molecule has 1 aromatic heterocycles. The van der Waals surface area contributed by atoms with E-state index in [9.17, 15) is 9.59 Å². The second-order valence-electron chi connectivity index (χ2n) is 4.62. The zero-order valence-electron chi connectivity index (χ0n) is 12.2. The maximum absolute atomic E-state index is 12.0. The van der Waals surface area contributed by atoms with Crippen molar-refractivity contribution in [1.82, 2.24) is 4.57 Å². The molecule has 0 saturated heterocycles. The van der Waals surface area contributed by atoms with Gasteiger partial charge in [0.05, 0.1) is 34.1 Å². The van der Waals surface area contributed by atoms with Crippen LogP contribution in [0.4, 0.5) is 5.69 Å². The summed E-state index contributed by atoms with van der Waals surface area (Å²) in [5, 5.41) is 9.37. The number of aromatic nitrogens is 1. The van der Waals surface area contributed by atoms with E-state index in [0.29, 0.717) is 5.56 Å². The molecule has 1 aromatic carbocycles. The summed E-state index contributed by atoms with van der Waals surface area (Å²) in [6.07, 6.45) is 1.34. The molecular weight excluding hydrogens is 341 g/mol. The van der Waals surface area contributed by atoms with Crippen LogP contribution in [0.2, 0.25) is 10.0 Å². The minimum absolute atomic E-state index is 0.0397. The fraction of sp³-hybridized carbons (Fsp3) is 0.133. The van der Waals surface area contributed by atoms with E-state index in [-0.39, 0.29) is 38.5 Å². The van der Waals surface area contributed by atoms with E-state index < -0.39 is 5.97 Å². The number of Topliss-reactive ketones (excluding diaryl/α,β-unsaturated/α-hetero) is 1. The smallest absolute Gasteiger partial charge is 0.357 e. The molecule has 0 aliphatic rings. The molecule has 2 aromatic rings. The fourth-order valence-corrected chi connectivity index (χ4v) is 2.76. The third kappa shape index (κ3) is 2.89. The summed E-state index contributed by atoms with van der Waals surface area (Å²) in [7, 11) is 1.19. The molecule has 0 radical (unpaired) electrons. The number of ether oxygens (including phenoxy) is 1. The first-order valence-electron chi connectivity index (χ1n) is 6.31. The van der Waals surface area contributed by atoms with Gasteiger partial charge in [-0.15, -0.1) is 0 Å². The average molecular weight is 352 g/mol. The second-order valence-corrected chi connectivity index (χ2v) is 5.44. The third-order valence-electron chi connectivity index (χ3n) is 3.21. The lowest BCUT2D eigenvalue weighted by molar-refractivity contribution is 0.0593. The highest BCUT2D eigenvalue weighted by Gasteiger charge is 2.24. The van der Waals surface area contributed by atoms with Crippen molar-refractivity contribution < 1.29 is 14.3 Å². The number of anilines is 1. The molecule has 23 heavy (non-hydrogen) atoms. The van der Waals surface area contributed by atoms with Crippen LogP contribution in [0.25, 0.3) is 5.69 Å². The summed E-state index contributed by atoms with van der Waals surface area (Å²) in [6.45, 7) is 1.38. The Morgan fingerprint density at radius 3 is 2.30 bits per heavy atom. The summed E-state index contributed by atoms with van der Waals surface area (Å²) in [4.78, 5) is 23.4. The van der Waals surface area contributed by atoms with Crippen molar-refractivity contribution in [2.75, 3.05) is 12.8 Å². The number of nitrogens with two attached hydrogens (primary N) is 1. The highest BCUT2D eigenvalue weighted by Crippen LogP contribution is 2.34. The van der Waals surface area contributed by atoms with E-state index in [4.69, 9.17) is 34.2 Å². The van der Waals surface area contributed by atoms with E-state index in [2.05, 4.69) is 4.74 Å². The SMILES string of the molecule is COC(=O)c1c(N)c(C#N)cn1-c1c(Cl)cc(C(C)=O)cc1Cl. The lowest BCUT2D eigenvalue weighted by Gasteiger charge is -2.13. The fourth-order valence-electron chi connectivity index (χ4n) is 2.09. The zero-order valence-corrected chi connectivity index (χ0v) is 13.7. The van der Waals surface area contributed by atoms with E-state index in [1.807, 2.05) is 6.07 Å². The summed E-state index contributed by atoms with van der Waals surface area (Å²) >= 11 is 12.4. The van der Waals surface area contributed by atoms with Gasteiger partial charge >= 0.3 is 5.97 Å². The Bertz CT molecular complexity index is 843. The molecule has 0 unspecified atom stereocenters. The van der Waals surface area contributed by atoms with Gasteiger partial charge in [0, 0.05) is 11.8 Å². The van der Waals surface area contributed by atoms with Crippen LogP contribution in [0.1, 0.15) is 33.3 Å². The van der Waals surface area contributed by atoms with Crippen molar-refractivity contribution in [1.29, 1.82) is 5.26 Å². The predicted molar refractivity (Wildman–Crippen MR) is 86.3 cm³/mol. The first-order valence-corrected chi connectivity index (χ1v) is 7.07. The van der Waals surface area contributed by atoms with Crippen molar-refractivity contribution in [2.45, 2.75) is 6.92 Å². The number of hydrogen-bond donors (Lipinski definition) is 1. The van der Waals surface area contributed by atoms with E-state index in [0.717, 1.165) is 0 Å². The van der Waals surface area contributed by atoms with Gasteiger partial charge in [-0.1, -0.05) is 23.2 Å². The van der Waals surface area contributed by atoms with Crippen LogP contribution in [0, 0.1) is 11.3 Å². The first kappa shape index (κ1) is 16.9. The third-order valence-corrected chi connectivity index (χ3v) is 3.78. The number of carbonyl (C=O) groups is 2. The Balaban J connectivity index is 2.80. The van der Waals surface area contributed by atoms with Crippen molar-refractivity contribution in [2.24, 2.45) is 0 Å². The van der Waals surface area contributed by atoms with Gasteiger partial charge in [-0.3, -0.25) is 4.79 Å². The monoisotopic (exact) mass is 351 g/mol. The lowest BCUT2D eigenvalue weighted by Crippen LogP contribution is -2.12. The number of ketones is 1. The molecule has 0 spiro atoms. The summed E-state index contributed by atoms with van der Waals surface area (Å²) in [5.74, 6) is -0.954. The van der Waals surface area contributed by atoms with Crippen molar-refractivity contribution in [3.8, 4) is 11.8 Å². The largest absolute Gasteiger partial charge is 0.464 e. The Labute approximate surface area is 142 Å². The molecule has 0 atom stereocenters. The number of methoxy groups -OCH3 is 1. The second kappa shape index (κ2) is 6.32. The average Bonchev–Trinajstić information content (AvgIpc) is 2.82. The summed E-state index contributed by atoms with van der Waals surface area (Å²) < 4.78 is 5.98. The predicted octanol–water partition coefficient (Wildman–Crippen LogP) is 3.23. The molecule has 1 heterocycles. The number of carbonyl (C=O) groups excluding carboxylic acids is 2. The molecule has 0 amide bonds. The molecule has 6 nitrogen and oxygen atoms in total. The number of esters is 1. The molecular formula is C15H11Cl2N3O3. The molecule has 118 valence electrons. The first-order chi connectivity index (χ1) is 10.8. The van der Waals surface area contributed by atoms with Gasteiger partial charge in [0.25, 0.3) is 0 Å². The van der Waals surface area contributed by atoms with Gasteiger partial charge in [-0.05, 0) is 19.1 Å². The summed E-state index contributed by atoms with van der Waals surface area (Å²) in [6, 6.07) is 4.73. The number of benzene rings is 1. The van der Waals surface area contributed by atoms with Crippen LogP contribution >= 0.6 is 23.2 Å². The molecule has 0 saturated carbocycles. The van der Waals surface area contributed by atoms with Crippen LogP contribution in [-0.4, -0.2) is 23.4 Å². The quantitative estimate of drug-likeness (QED) is 0.676. The van der Waals surface area contributed by atoms with Gasteiger partial charge < -0.3 is 15.0 Å². The number of hydrogen-bond acceptors (Lipinski definition) is 5. The van der Waals surface area contributed by atoms with Crippen LogP contribution in [0.15, 0.2) is 18.3 Å². The lowest BCUT2D eigenvalue weighted by atomic mass is 10.1. The molecule has 8 heteroatoms. The number of nitrogens with zero attached hydrogens (tertiary/aromatic N) is 2. The number of nitrogen functional groups attached to an aromatic ring is 1. The molecule has 0 aliphatic carbocycles. The zero-order chi connectivity index (χ0) is 17.3. The maximum atomic E-state index is 12.0. The molecule has 0 bridgehead atoms. The van der Waals surface area contributed by atoms with Crippen molar-refractivity contribution in [3.05, 3.63) is 45.2 Å². The number of rotatable bonds is 3. The van der Waals surface area contributed by atoms with Crippen LogP contribution < -0.4 is 5.73 Å². The van der Waals surface area contributed by atoms with Gasteiger partial charge in [0.15, 0.2) is 11.5 Å². The van der Waals surface area contributed by atoms with Gasteiger partial charge in [0.2, 0.25) is 0 Å². The minimum atomic E-state index is -0.744. The van der Waals surface area contributed by atoms with Crippen LogP contribution in [0.3, 0.4) is 0 Å². The van der Waals surface area contributed by atoms with Gasteiger partial charge in [-0.2, -0.15) is 5.26 Å². The molecule has 2 rings (SSSR count). The maximum Gasteiger partial charge on any atom is 0.357 e. The van der Waals surface area contributed by atoms with Crippen molar-refractivity contribution in [3.63, 3.8) is 0 Å². The highest BCUT2D eigenvalue weighted by molar-refractivity contribution is 6.38. The normalized spacial score (nSPS) is 10.2. The van der Waals surface area contributed by atoms with Crippen LogP contribution in [0.5, 0.6) is 0 Å². The molecule has 2 N–H and O–H groups in total. The molecule has 0 fully saturated rings. The van der Waals surface area contributed by atoms with E-state index >= 15 is 0 Å². The highest BCUT2D eigenvalue weighted by atomic mass is 35.5. The van der Waals surface area contributed by atoms with E-state index in [1.165, 1.54) is 36.9 Å². The standard InChI is InChI=1S/C15H11Cl2N3O3/c1-7(21)8-3-10(16)13(11(17)4-8)20-6-9(5-18)12(19)14(20)15(22)23-2/h3-4,6H,19H2,1-2H3. The Morgan fingerprint density at radius 2 is 1.87 bits per heavy atom. The van der Waals surface area contributed by atoms with Crippen LogP contribution in [-0.2, 0) is 4.74 Å². The summed E-state index contributed by atoms with van der Waals surface area (Å²) in [5.41, 5.74) is 6.35. The van der Waals surface area contributed by atoms with E-state index in [1.54, 1.807) is 0 Å². The number of nitriles is 1. The Hall–Kier alpha value is -2.49. The minimum Gasteiger partial charge on any atom is -0.464 e. The van der Waals surface area contributed by atoms with Gasteiger partial charge in [0.1, 0.15) is 6.07 Å².